The van der Waals surface area contributed by atoms with Crippen LogP contribution in [-0.4, -0.2) is 40.0 Å². The van der Waals surface area contributed by atoms with Crippen molar-refractivity contribution in [2.45, 2.75) is 33.1 Å². The third-order valence-electron chi connectivity index (χ3n) is 4.42. The zero-order valence-electron chi connectivity index (χ0n) is 12.3. The number of aromatic amines is 1. The molecule has 0 aliphatic carbocycles. The number of nitrogens with zero attached hydrogens (tertiary/aromatic N) is 1. The summed E-state index contributed by atoms with van der Waals surface area (Å²) in [6, 6.07) is 3.21. The maximum atomic E-state index is 12.4. The molecule has 0 unspecified atom stereocenters. The van der Waals surface area contributed by atoms with E-state index in [9.17, 15) is 19.5 Å². The average Bonchev–Trinajstić information content (AvgIpc) is 2.46. The van der Waals surface area contributed by atoms with E-state index in [2.05, 4.69) is 4.98 Å². The van der Waals surface area contributed by atoms with Gasteiger partial charge in [0.2, 0.25) is 0 Å². The summed E-state index contributed by atoms with van der Waals surface area (Å²) in [6.45, 7) is 4.34. The number of hydrogen-bond acceptors (Lipinski definition) is 3. The first kappa shape index (κ1) is 15.3. The standard InChI is InChI=1S/C15H20N2O4/c1-3-15(14(20)21)6-8-17(9-7-15)13(19)11-5-4-10(2)16-12(11)18/h4-5H,3,6-9H2,1-2H3,(H,16,18)(H,20,21). The minimum absolute atomic E-state index is 0.111. The Morgan fingerprint density at radius 3 is 2.43 bits per heavy atom. The first-order valence-corrected chi connectivity index (χ1v) is 7.12. The highest BCUT2D eigenvalue weighted by Crippen LogP contribution is 2.35. The molecule has 6 heteroatoms. The number of rotatable bonds is 3. The summed E-state index contributed by atoms with van der Waals surface area (Å²) in [7, 11) is 0. The van der Waals surface area contributed by atoms with E-state index in [-0.39, 0.29) is 11.5 Å². The molecule has 1 saturated heterocycles. The smallest absolute Gasteiger partial charge is 0.309 e. The second-order valence-corrected chi connectivity index (χ2v) is 5.62. The van der Waals surface area contributed by atoms with Gasteiger partial charge in [-0.05, 0) is 38.3 Å². The van der Waals surface area contributed by atoms with Gasteiger partial charge in [0.1, 0.15) is 5.56 Å². The number of carbonyl (C=O) groups excluding carboxylic acids is 1. The van der Waals surface area contributed by atoms with E-state index in [1.807, 2.05) is 6.92 Å². The molecule has 6 nitrogen and oxygen atoms in total. The van der Waals surface area contributed by atoms with Crippen molar-refractivity contribution >= 4 is 11.9 Å². The maximum Gasteiger partial charge on any atom is 0.309 e. The van der Waals surface area contributed by atoms with Gasteiger partial charge >= 0.3 is 5.97 Å². The Morgan fingerprint density at radius 1 is 1.33 bits per heavy atom. The number of carboxylic acid groups (broad SMARTS) is 1. The first-order valence-electron chi connectivity index (χ1n) is 7.12. The first-order chi connectivity index (χ1) is 9.89. The van der Waals surface area contributed by atoms with Crippen molar-refractivity contribution in [1.82, 2.24) is 9.88 Å². The summed E-state index contributed by atoms with van der Waals surface area (Å²) >= 11 is 0. The van der Waals surface area contributed by atoms with Crippen molar-refractivity contribution in [2.24, 2.45) is 5.41 Å². The van der Waals surface area contributed by atoms with Gasteiger partial charge < -0.3 is 15.0 Å². The molecular formula is C15H20N2O4. The quantitative estimate of drug-likeness (QED) is 0.881. The summed E-state index contributed by atoms with van der Waals surface area (Å²) in [4.78, 5) is 39.7. The number of piperidine rings is 1. The van der Waals surface area contributed by atoms with E-state index in [0.29, 0.717) is 38.0 Å². The van der Waals surface area contributed by atoms with Gasteiger partial charge in [-0.25, -0.2) is 0 Å². The molecule has 1 amide bonds. The number of likely N-dealkylation sites (tertiary alicyclic amines) is 1. The number of carboxylic acids is 1. The Bertz CT molecular complexity index is 612. The monoisotopic (exact) mass is 292 g/mol. The van der Waals surface area contributed by atoms with Crippen LogP contribution < -0.4 is 5.56 Å². The lowest BCUT2D eigenvalue weighted by molar-refractivity contribution is -0.152. The molecule has 2 heterocycles. The van der Waals surface area contributed by atoms with Crippen LogP contribution in [0.15, 0.2) is 16.9 Å². The molecular weight excluding hydrogens is 272 g/mol. The topological polar surface area (TPSA) is 90.5 Å². The van der Waals surface area contributed by atoms with Gasteiger partial charge in [-0.2, -0.15) is 0 Å². The molecule has 0 aromatic carbocycles. The van der Waals surface area contributed by atoms with Crippen molar-refractivity contribution in [1.29, 1.82) is 0 Å². The lowest BCUT2D eigenvalue weighted by Gasteiger charge is -2.38. The molecule has 1 aromatic heterocycles. The molecule has 0 spiro atoms. The summed E-state index contributed by atoms with van der Waals surface area (Å²) < 4.78 is 0. The normalized spacial score (nSPS) is 17.5. The summed E-state index contributed by atoms with van der Waals surface area (Å²) in [6.07, 6.45) is 1.40. The van der Waals surface area contributed by atoms with Crippen LogP contribution in [0.3, 0.4) is 0 Å². The predicted molar refractivity (Wildman–Crippen MR) is 77.3 cm³/mol. The van der Waals surface area contributed by atoms with Crippen molar-refractivity contribution in [3.05, 3.63) is 33.7 Å². The van der Waals surface area contributed by atoms with Gasteiger partial charge in [0.25, 0.3) is 11.5 Å². The minimum Gasteiger partial charge on any atom is -0.481 e. The van der Waals surface area contributed by atoms with Crippen molar-refractivity contribution < 1.29 is 14.7 Å². The molecule has 1 aromatic rings. The van der Waals surface area contributed by atoms with Crippen molar-refractivity contribution in [3.8, 4) is 0 Å². The Kier molecular flexibility index (Phi) is 4.16. The van der Waals surface area contributed by atoms with Crippen molar-refractivity contribution in [2.75, 3.05) is 13.1 Å². The van der Waals surface area contributed by atoms with Crippen molar-refractivity contribution in [3.63, 3.8) is 0 Å². The Hall–Kier alpha value is -2.11. The molecule has 0 bridgehead atoms. The highest BCUT2D eigenvalue weighted by molar-refractivity contribution is 5.94. The average molecular weight is 292 g/mol. The Morgan fingerprint density at radius 2 is 1.95 bits per heavy atom. The van der Waals surface area contributed by atoms with Gasteiger partial charge in [-0.1, -0.05) is 6.92 Å². The fourth-order valence-corrected chi connectivity index (χ4v) is 2.77. The summed E-state index contributed by atoms with van der Waals surface area (Å²) in [5, 5.41) is 9.35. The van der Waals surface area contributed by atoms with E-state index in [4.69, 9.17) is 0 Å². The van der Waals surface area contributed by atoms with E-state index in [1.165, 1.54) is 6.07 Å². The molecule has 0 saturated carbocycles. The number of pyridine rings is 1. The van der Waals surface area contributed by atoms with Crippen LogP contribution in [0.4, 0.5) is 0 Å². The number of aryl methyl sites for hydroxylation is 1. The summed E-state index contributed by atoms with van der Waals surface area (Å²) in [5.41, 5.74) is -0.326. The van der Waals surface area contributed by atoms with Crippen LogP contribution in [0.5, 0.6) is 0 Å². The number of H-pyrrole nitrogens is 1. The third kappa shape index (κ3) is 2.84. The van der Waals surface area contributed by atoms with Gasteiger partial charge in [0.05, 0.1) is 5.41 Å². The number of hydrogen-bond donors (Lipinski definition) is 2. The molecule has 1 aliphatic heterocycles. The van der Waals surface area contributed by atoms with Crippen LogP contribution in [-0.2, 0) is 4.79 Å². The van der Waals surface area contributed by atoms with Crippen LogP contribution in [0.25, 0.3) is 0 Å². The molecule has 2 rings (SSSR count). The lowest BCUT2D eigenvalue weighted by atomic mass is 9.76. The van der Waals surface area contributed by atoms with Crippen LogP contribution >= 0.6 is 0 Å². The van der Waals surface area contributed by atoms with Gasteiger partial charge in [-0.15, -0.1) is 0 Å². The third-order valence-corrected chi connectivity index (χ3v) is 4.42. The number of amides is 1. The van der Waals surface area contributed by atoms with Gasteiger partial charge in [-0.3, -0.25) is 14.4 Å². The largest absolute Gasteiger partial charge is 0.481 e. The zero-order chi connectivity index (χ0) is 15.6. The number of carbonyl (C=O) groups is 2. The van der Waals surface area contributed by atoms with Crippen LogP contribution in [0.1, 0.15) is 42.2 Å². The molecule has 0 atom stereocenters. The van der Waals surface area contributed by atoms with Gasteiger partial charge in [0.15, 0.2) is 0 Å². The fraction of sp³-hybridized carbons (Fsp3) is 0.533. The van der Waals surface area contributed by atoms with E-state index >= 15 is 0 Å². The van der Waals surface area contributed by atoms with Crippen LogP contribution in [0.2, 0.25) is 0 Å². The van der Waals surface area contributed by atoms with E-state index < -0.39 is 16.9 Å². The van der Waals surface area contributed by atoms with Crippen LogP contribution in [0, 0.1) is 12.3 Å². The number of nitrogens with one attached hydrogen (secondary N) is 1. The molecule has 1 aliphatic rings. The Balaban J connectivity index is 2.13. The number of aromatic nitrogens is 1. The zero-order valence-corrected chi connectivity index (χ0v) is 12.3. The second kappa shape index (κ2) is 5.71. The lowest BCUT2D eigenvalue weighted by Crippen LogP contribution is -2.47. The minimum atomic E-state index is -0.801. The Labute approximate surface area is 122 Å². The summed E-state index contributed by atoms with van der Waals surface area (Å²) in [5.74, 6) is -1.13. The van der Waals surface area contributed by atoms with Gasteiger partial charge in [0, 0.05) is 18.8 Å². The second-order valence-electron chi connectivity index (χ2n) is 5.62. The molecule has 1 fully saturated rings. The SMILES string of the molecule is CCC1(C(=O)O)CCN(C(=O)c2ccc(C)[nH]c2=O)CC1. The highest BCUT2D eigenvalue weighted by Gasteiger charge is 2.41. The fourth-order valence-electron chi connectivity index (χ4n) is 2.77. The molecule has 21 heavy (non-hydrogen) atoms. The highest BCUT2D eigenvalue weighted by atomic mass is 16.4. The van der Waals surface area contributed by atoms with E-state index in [1.54, 1.807) is 17.9 Å². The predicted octanol–water partition coefficient (Wildman–Crippen LogP) is 1.40. The molecule has 114 valence electrons. The maximum absolute atomic E-state index is 12.4. The van der Waals surface area contributed by atoms with E-state index in [0.717, 1.165) is 0 Å². The number of aliphatic carboxylic acids is 1. The molecule has 0 radical (unpaired) electrons. The molecule has 2 N–H and O–H groups in total.